The normalized spacial score (nSPS) is 10.5. The summed E-state index contributed by atoms with van der Waals surface area (Å²) in [5.41, 5.74) is 2.46. The fourth-order valence-electron chi connectivity index (χ4n) is 2.04. The van der Waals surface area contributed by atoms with E-state index in [0.29, 0.717) is 0 Å². The summed E-state index contributed by atoms with van der Waals surface area (Å²) in [4.78, 5) is 0. The van der Waals surface area contributed by atoms with Crippen LogP contribution in [0, 0.1) is 6.92 Å². The second-order valence-corrected chi connectivity index (χ2v) is 4.50. The maximum atomic E-state index is 5.43. The molecule has 0 aliphatic rings. The lowest BCUT2D eigenvalue weighted by atomic mass is 10.1. The lowest BCUT2D eigenvalue weighted by molar-refractivity contribution is 0.404. The molecule has 1 aromatic rings. The summed E-state index contributed by atoms with van der Waals surface area (Å²) >= 11 is 0. The number of nitrogens with one attached hydrogen (secondary N) is 1. The van der Waals surface area contributed by atoms with Gasteiger partial charge in [-0.3, -0.25) is 0 Å². The van der Waals surface area contributed by atoms with Crippen LogP contribution in [0.3, 0.4) is 0 Å². The van der Waals surface area contributed by atoms with Gasteiger partial charge in [-0.25, -0.2) is 0 Å². The summed E-state index contributed by atoms with van der Waals surface area (Å²) in [6.45, 7) is 6.32. The molecule has 2 heteroatoms. The van der Waals surface area contributed by atoms with Crippen molar-refractivity contribution in [2.45, 2.75) is 46.1 Å². The van der Waals surface area contributed by atoms with Crippen LogP contribution < -0.4 is 10.1 Å². The molecule has 96 valence electrons. The first kappa shape index (κ1) is 14.0. The highest BCUT2D eigenvalue weighted by molar-refractivity contribution is 5.40. The average Bonchev–Trinajstić information content (AvgIpc) is 2.34. The van der Waals surface area contributed by atoms with Crippen molar-refractivity contribution in [3.63, 3.8) is 0 Å². The first-order valence-corrected chi connectivity index (χ1v) is 6.62. The van der Waals surface area contributed by atoms with Crippen molar-refractivity contribution < 1.29 is 4.74 Å². The Balaban J connectivity index is 2.33. The van der Waals surface area contributed by atoms with E-state index in [-0.39, 0.29) is 0 Å². The van der Waals surface area contributed by atoms with Crippen LogP contribution in [-0.2, 0) is 6.54 Å². The van der Waals surface area contributed by atoms with Gasteiger partial charge in [-0.2, -0.15) is 0 Å². The molecule has 0 heterocycles. The number of aryl methyl sites for hydroxylation is 1. The molecule has 0 aliphatic heterocycles. The second kappa shape index (κ2) is 8.13. The number of ether oxygens (including phenoxy) is 1. The summed E-state index contributed by atoms with van der Waals surface area (Å²) < 4.78 is 5.43. The van der Waals surface area contributed by atoms with Crippen molar-refractivity contribution in [1.82, 2.24) is 5.32 Å². The van der Waals surface area contributed by atoms with Crippen LogP contribution in [0.15, 0.2) is 18.2 Å². The molecule has 0 atom stereocenters. The maximum Gasteiger partial charge on any atom is 0.126 e. The fraction of sp³-hybridized carbons (Fsp3) is 0.600. The first-order chi connectivity index (χ1) is 8.29. The molecule has 0 saturated heterocycles. The number of rotatable bonds is 8. The minimum atomic E-state index is 0.900. The SMILES string of the molecule is CCCCCCNCc1cccc(C)c1OC. The van der Waals surface area contributed by atoms with Crippen LogP contribution in [0.25, 0.3) is 0 Å². The van der Waals surface area contributed by atoms with Crippen molar-refractivity contribution in [3.05, 3.63) is 29.3 Å². The molecule has 1 N–H and O–H groups in total. The molecule has 0 spiro atoms. The number of hydrogen-bond acceptors (Lipinski definition) is 2. The van der Waals surface area contributed by atoms with Crippen molar-refractivity contribution in [2.75, 3.05) is 13.7 Å². The van der Waals surface area contributed by atoms with E-state index in [2.05, 4.69) is 37.4 Å². The highest BCUT2D eigenvalue weighted by atomic mass is 16.5. The third-order valence-corrected chi connectivity index (χ3v) is 3.02. The number of benzene rings is 1. The highest BCUT2D eigenvalue weighted by Gasteiger charge is 2.04. The van der Waals surface area contributed by atoms with Crippen LogP contribution in [0.4, 0.5) is 0 Å². The molecule has 0 aromatic heterocycles. The summed E-state index contributed by atoms with van der Waals surface area (Å²) in [6.07, 6.45) is 5.23. The summed E-state index contributed by atoms with van der Waals surface area (Å²) in [5, 5.41) is 3.48. The summed E-state index contributed by atoms with van der Waals surface area (Å²) in [6, 6.07) is 6.31. The zero-order valence-electron chi connectivity index (χ0n) is 11.4. The van der Waals surface area contributed by atoms with E-state index in [9.17, 15) is 0 Å². The predicted octanol–water partition coefficient (Wildman–Crippen LogP) is 3.67. The van der Waals surface area contributed by atoms with Crippen molar-refractivity contribution in [2.24, 2.45) is 0 Å². The Kier molecular flexibility index (Phi) is 6.71. The third kappa shape index (κ3) is 4.78. The van der Waals surface area contributed by atoms with Gasteiger partial charge in [-0.05, 0) is 25.5 Å². The Hall–Kier alpha value is -1.02. The topological polar surface area (TPSA) is 21.3 Å². The fourth-order valence-corrected chi connectivity index (χ4v) is 2.04. The van der Waals surface area contributed by atoms with Gasteiger partial charge in [0.1, 0.15) is 5.75 Å². The largest absolute Gasteiger partial charge is 0.496 e. The Morgan fingerprint density at radius 2 is 2.00 bits per heavy atom. The van der Waals surface area contributed by atoms with E-state index >= 15 is 0 Å². The van der Waals surface area contributed by atoms with Crippen LogP contribution in [0.2, 0.25) is 0 Å². The quantitative estimate of drug-likeness (QED) is 0.694. The van der Waals surface area contributed by atoms with Crippen molar-refractivity contribution in [1.29, 1.82) is 0 Å². The highest BCUT2D eigenvalue weighted by Crippen LogP contribution is 2.22. The van der Waals surface area contributed by atoms with E-state index in [0.717, 1.165) is 18.8 Å². The third-order valence-electron chi connectivity index (χ3n) is 3.02. The summed E-state index contributed by atoms with van der Waals surface area (Å²) in [7, 11) is 1.74. The Labute approximate surface area is 105 Å². The van der Waals surface area contributed by atoms with Gasteiger partial charge in [-0.15, -0.1) is 0 Å². The lowest BCUT2D eigenvalue weighted by Crippen LogP contribution is -2.15. The van der Waals surface area contributed by atoms with Gasteiger partial charge in [0.2, 0.25) is 0 Å². The molecule has 1 rings (SSSR count). The minimum Gasteiger partial charge on any atom is -0.496 e. The van der Waals surface area contributed by atoms with E-state index in [1.54, 1.807) is 7.11 Å². The first-order valence-electron chi connectivity index (χ1n) is 6.62. The van der Waals surface area contributed by atoms with Gasteiger partial charge in [0.25, 0.3) is 0 Å². The molecule has 2 nitrogen and oxygen atoms in total. The molecule has 0 fully saturated rings. The molecule has 0 saturated carbocycles. The van der Waals surface area contributed by atoms with Crippen molar-refractivity contribution >= 4 is 0 Å². The maximum absolute atomic E-state index is 5.43. The van der Waals surface area contributed by atoms with E-state index in [1.165, 1.54) is 36.8 Å². The van der Waals surface area contributed by atoms with E-state index in [4.69, 9.17) is 4.74 Å². The molecule has 0 unspecified atom stereocenters. The Bertz CT molecular complexity index is 323. The smallest absolute Gasteiger partial charge is 0.126 e. The van der Waals surface area contributed by atoms with Gasteiger partial charge >= 0.3 is 0 Å². The molecular formula is C15H25NO. The standard InChI is InChI=1S/C15H25NO/c1-4-5-6-7-11-16-12-14-10-8-9-13(2)15(14)17-3/h8-10,16H,4-7,11-12H2,1-3H3. The molecule has 0 radical (unpaired) electrons. The molecule has 0 aliphatic carbocycles. The van der Waals surface area contributed by atoms with Gasteiger partial charge in [0.15, 0.2) is 0 Å². The molecular weight excluding hydrogens is 210 g/mol. The monoisotopic (exact) mass is 235 g/mol. The zero-order chi connectivity index (χ0) is 12.5. The Morgan fingerprint density at radius 1 is 1.18 bits per heavy atom. The average molecular weight is 235 g/mol. The number of para-hydroxylation sites is 1. The van der Waals surface area contributed by atoms with Gasteiger partial charge in [0.05, 0.1) is 7.11 Å². The minimum absolute atomic E-state index is 0.900. The van der Waals surface area contributed by atoms with E-state index < -0.39 is 0 Å². The van der Waals surface area contributed by atoms with Gasteiger partial charge in [-0.1, -0.05) is 44.4 Å². The number of unbranched alkanes of at least 4 members (excludes halogenated alkanes) is 3. The van der Waals surface area contributed by atoms with Crippen LogP contribution >= 0.6 is 0 Å². The predicted molar refractivity (Wildman–Crippen MR) is 73.6 cm³/mol. The molecule has 17 heavy (non-hydrogen) atoms. The zero-order valence-corrected chi connectivity index (χ0v) is 11.4. The van der Waals surface area contributed by atoms with Crippen LogP contribution in [0.1, 0.15) is 43.7 Å². The van der Waals surface area contributed by atoms with Crippen LogP contribution in [-0.4, -0.2) is 13.7 Å². The number of methoxy groups -OCH3 is 1. The van der Waals surface area contributed by atoms with Gasteiger partial charge < -0.3 is 10.1 Å². The number of hydrogen-bond donors (Lipinski definition) is 1. The van der Waals surface area contributed by atoms with Gasteiger partial charge in [0, 0.05) is 12.1 Å². The molecule has 0 amide bonds. The lowest BCUT2D eigenvalue weighted by Gasteiger charge is -2.11. The second-order valence-electron chi connectivity index (χ2n) is 4.50. The molecule has 1 aromatic carbocycles. The Morgan fingerprint density at radius 3 is 2.71 bits per heavy atom. The summed E-state index contributed by atoms with van der Waals surface area (Å²) in [5.74, 6) is 1.02. The molecule has 0 bridgehead atoms. The van der Waals surface area contributed by atoms with Crippen LogP contribution in [0.5, 0.6) is 5.75 Å². The van der Waals surface area contributed by atoms with Crippen molar-refractivity contribution in [3.8, 4) is 5.75 Å². The van der Waals surface area contributed by atoms with E-state index in [1.807, 2.05) is 0 Å².